The van der Waals surface area contributed by atoms with E-state index >= 15 is 0 Å². The number of carbonyl (C=O) groups is 14. The van der Waals surface area contributed by atoms with Crippen LogP contribution in [-0.2, 0) is 99.7 Å². The minimum atomic E-state index is -1.84. The Hall–Kier alpha value is -9.16. The van der Waals surface area contributed by atoms with Crippen LogP contribution in [0.15, 0.2) is 53.8 Å². The van der Waals surface area contributed by atoms with E-state index in [0.29, 0.717) is 59.2 Å². The fourth-order valence-electron chi connectivity index (χ4n) is 11.2. The third-order valence-electron chi connectivity index (χ3n) is 16.6. The second-order valence-corrected chi connectivity index (χ2v) is 28.0. The van der Waals surface area contributed by atoms with Crippen LogP contribution < -0.4 is 64.1 Å². The van der Waals surface area contributed by atoms with Crippen LogP contribution in [0.5, 0.6) is 5.75 Å². The van der Waals surface area contributed by atoms with Crippen molar-refractivity contribution >= 4 is 135 Å². The number of benzene rings is 2. The summed E-state index contributed by atoms with van der Waals surface area (Å²) in [4.78, 5) is 214. The molecule has 2 aromatic carbocycles. The number of carboxylic acids is 1. The molecule has 12 amide bonds. The number of thioether (sulfide) groups is 3. The van der Waals surface area contributed by atoms with E-state index in [2.05, 4.69) is 62.9 Å². The molecule has 1 saturated heterocycles. The normalized spacial score (nSPS) is 24.8. The zero-order chi connectivity index (χ0) is 74.4. The molecule has 558 valence electrons. The molecule has 0 aliphatic carbocycles. The fraction of sp³-hybridized carbons (Fsp3) is 0.561. The molecule has 4 heterocycles. The van der Waals surface area contributed by atoms with Gasteiger partial charge in [-0.15, -0.1) is 0 Å². The van der Waals surface area contributed by atoms with Crippen LogP contribution in [0.1, 0.15) is 115 Å². The molecule has 3 aromatic rings. The van der Waals surface area contributed by atoms with Crippen LogP contribution in [0, 0.1) is 5.92 Å². The average Bonchev–Trinajstić information content (AvgIpc) is 1.55. The topological polar surface area (TPSA) is 488 Å². The maximum atomic E-state index is 15.0. The largest absolute Gasteiger partial charge is 0.494 e. The van der Waals surface area contributed by atoms with Crippen LogP contribution in [0.4, 0.5) is 0 Å². The van der Waals surface area contributed by atoms with Crippen molar-refractivity contribution in [1.29, 1.82) is 0 Å². The van der Waals surface area contributed by atoms with Crippen molar-refractivity contribution in [2.75, 3.05) is 50.4 Å². The van der Waals surface area contributed by atoms with Gasteiger partial charge in [-0.05, 0) is 118 Å². The summed E-state index contributed by atoms with van der Waals surface area (Å²) in [5.74, 6) is -13.6. The van der Waals surface area contributed by atoms with Crippen molar-refractivity contribution in [1.82, 2.24) is 57.7 Å². The van der Waals surface area contributed by atoms with Gasteiger partial charge in [-0.25, -0.2) is 4.79 Å². The molecule has 102 heavy (non-hydrogen) atoms. The Bertz CT molecular complexity index is 3510. The lowest BCUT2D eigenvalue weighted by Crippen LogP contribution is -2.61. The zero-order valence-electron chi connectivity index (χ0n) is 57.5. The summed E-state index contributed by atoms with van der Waals surface area (Å²) in [6, 6.07) is -2.63. The molecule has 0 radical (unpaired) electrons. The van der Waals surface area contributed by atoms with Crippen molar-refractivity contribution in [3.63, 3.8) is 0 Å². The molecule has 15 N–H and O–H groups in total. The third-order valence-corrected chi connectivity index (χ3v) is 19.5. The Morgan fingerprint density at radius 1 is 0.696 bits per heavy atom. The number of hydrogen-bond acceptors (Lipinski definition) is 22. The first-order chi connectivity index (χ1) is 48.7. The highest BCUT2D eigenvalue weighted by molar-refractivity contribution is 7.99. The van der Waals surface area contributed by atoms with Gasteiger partial charge >= 0.3 is 11.9 Å². The van der Waals surface area contributed by atoms with E-state index in [4.69, 9.17) is 25.9 Å². The van der Waals surface area contributed by atoms with E-state index < -0.39 is 181 Å². The number of para-hydroxylation sites is 1. The minimum absolute atomic E-state index is 0.0430. The highest BCUT2D eigenvalue weighted by Gasteiger charge is 2.41. The second kappa shape index (κ2) is 41.7. The Morgan fingerprint density at radius 3 is 1.96 bits per heavy atom. The van der Waals surface area contributed by atoms with Crippen molar-refractivity contribution < 1.29 is 91.6 Å². The van der Waals surface area contributed by atoms with Gasteiger partial charge in [0.05, 0.1) is 20.1 Å². The molecule has 33 nitrogen and oxygen atoms in total. The Balaban J connectivity index is 1.43. The first-order valence-electron chi connectivity index (χ1n) is 33.4. The van der Waals surface area contributed by atoms with Gasteiger partial charge in [0, 0.05) is 65.9 Å². The molecule has 6 rings (SSSR count). The van der Waals surface area contributed by atoms with Gasteiger partial charge in [-0.3, -0.25) is 67.2 Å². The molecule has 3 aliphatic heterocycles. The lowest BCUT2D eigenvalue weighted by atomic mass is 9.99. The lowest BCUT2D eigenvalue weighted by Gasteiger charge is -2.31. The van der Waals surface area contributed by atoms with Gasteiger partial charge in [0.2, 0.25) is 65.0 Å². The number of aliphatic carboxylic acids is 1. The summed E-state index contributed by atoms with van der Waals surface area (Å²) < 4.78 is 6.26. The van der Waals surface area contributed by atoms with Crippen LogP contribution in [0.25, 0.3) is 10.9 Å². The molecule has 10 atom stereocenters. The van der Waals surface area contributed by atoms with Gasteiger partial charge in [-0.1, -0.05) is 43.3 Å². The van der Waals surface area contributed by atoms with E-state index in [1.54, 1.807) is 48.9 Å². The van der Waals surface area contributed by atoms with Crippen LogP contribution in [-0.4, -0.2) is 215 Å². The van der Waals surface area contributed by atoms with Crippen molar-refractivity contribution in [2.45, 2.75) is 176 Å². The number of carbonyl (C=O) groups excluding carboxylic acids is 13. The number of aromatic amines is 1. The SMILES string of the molecule is COOC(=O)C[C@@H]1NC(=O)[C@H](CCSC)NC(=O)[C@@H]2CCCN2C(=O)[C@@H]2CSCc3cc(cc(c3)OCCCCCCO/N=C/C(=O)N[C@@H](C)C(=O)N2)CSC[C@@H](C(N)=O)NC(=O)[C@H](CCC(=O)O)NC(=O)[C@H](CCC(N)=O)NC(=O)[C@H](Cc2c[nH]c3ccccc23)NC(=O)C(C(C)C)NC1=O. The summed E-state index contributed by atoms with van der Waals surface area (Å²) >= 11 is 3.73. The standard InChI is InChI=1S/C66H92N14O19S3/c1-36(2)56-65(94)76-47(28-40-30-69-43-14-9-8-13-42(40)43)62(91)73-44(16-18-52(67)81)59(88)72-45(17-19-54(83)84)60(89)77-49(57(68)86)34-101-32-38-25-39-27-41(26-38)97-22-10-6-7-11-23-98-70-31-53(82)71-37(3)58(87)78-50(35-102-33-39)66(95)80-21-12-15-51(80)64(93)74-46(20-24-100-5)61(90)75-48(63(92)79-56)29-55(85)99-96-4/h8-9,13-14,25-27,30-31,36-37,44-51,56,69H,6-7,10-12,15-24,28-29,32-35H2,1-5H3,(H2,67,81)(H2,68,86)(H,71,82)(H,72,88)(H,73,91)(H,74,93)(H,75,90)(H,76,94)(H,77,89)(H,78,87)(H,79,92)(H,83,84)/b70-31+/t37-,44-,45-,46-,47-,48-,49-,50-,51-,56?/m0/s1. The number of nitrogens with one attached hydrogen (secondary N) is 10. The van der Waals surface area contributed by atoms with Gasteiger partial charge in [0.1, 0.15) is 79.0 Å². The number of hydrogen-bond donors (Lipinski definition) is 13. The van der Waals surface area contributed by atoms with Crippen LogP contribution in [0.3, 0.4) is 0 Å². The smallest absolute Gasteiger partial charge is 0.344 e. The van der Waals surface area contributed by atoms with Gasteiger partial charge in [0.15, 0.2) is 0 Å². The number of primary amides is 2. The minimum Gasteiger partial charge on any atom is -0.494 e. The molecule has 1 aromatic heterocycles. The van der Waals surface area contributed by atoms with Gasteiger partial charge < -0.3 is 83.9 Å². The number of carboxylic acid groups (broad SMARTS) is 1. The van der Waals surface area contributed by atoms with E-state index in [1.807, 2.05) is 6.07 Å². The number of nitrogens with zero attached hydrogens (tertiary/aromatic N) is 2. The molecule has 1 unspecified atom stereocenters. The van der Waals surface area contributed by atoms with Crippen LogP contribution in [0.2, 0.25) is 0 Å². The quantitative estimate of drug-likeness (QED) is 0.0649. The summed E-state index contributed by atoms with van der Waals surface area (Å²) in [5, 5.41) is 37.4. The number of H-pyrrole nitrogens is 1. The first kappa shape index (κ1) is 81.8. The molecule has 1 fully saturated rings. The Kier molecular flexibility index (Phi) is 33.4. The summed E-state index contributed by atoms with van der Waals surface area (Å²) in [6.45, 7) is 5.01. The van der Waals surface area contributed by atoms with Gasteiger partial charge in [-0.2, -0.15) is 40.2 Å². The Morgan fingerprint density at radius 2 is 1.30 bits per heavy atom. The second-order valence-electron chi connectivity index (χ2n) is 24.9. The van der Waals surface area contributed by atoms with E-state index in [1.165, 1.54) is 61.0 Å². The lowest BCUT2D eigenvalue weighted by molar-refractivity contribution is -0.255. The maximum absolute atomic E-state index is 15.0. The number of ether oxygens (including phenoxy) is 1. The van der Waals surface area contributed by atoms with Crippen molar-refractivity contribution in [3.05, 3.63) is 65.4 Å². The number of oxime groups is 1. The predicted octanol–water partition coefficient (Wildman–Crippen LogP) is -0.261. The molecule has 36 heteroatoms. The van der Waals surface area contributed by atoms with Gasteiger partial charge in [0.25, 0.3) is 5.91 Å². The summed E-state index contributed by atoms with van der Waals surface area (Å²) in [5.41, 5.74) is 13.9. The maximum Gasteiger partial charge on any atom is 0.344 e. The number of fused-ring (bicyclic) bond motifs is 7. The molecule has 0 saturated carbocycles. The monoisotopic (exact) mass is 1480 g/mol. The number of aromatic nitrogens is 1. The summed E-state index contributed by atoms with van der Waals surface area (Å²) in [7, 11) is 1.02. The first-order valence-corrected chi connectivity index (χ1v) is 37.1. The molecule has 0 spiro atoms. The Labute approximate surface area is 601 Å². The van der Waals surface area contributed by atoms with Crippen molar-refractivity contribution in [2.24, 2.45) is 22.5 Å². The highest BCUT2D eigenvalue weighted by Crippen LogP contribution is 2.28. The van der Waals surface area contributed by atoms with E-state index in [9.17, 15) is 72.2 Å². The highest BCUT2D eigenvalue weighted by atomic mass is 32.2. The molecule has 4 bridgehead atoms. The zero-order valence-corrected chi connectivity index (χ0v) is 59.9. The molecule has 3 aliphatic rings. The number of nitrogens with two attached hydrogens (primary N) is 2. The fourth-order valence-corrected chi connectivity index (χ4v) is 13.7. The number of rotatable bonds is 16. The third kappa shape index (κ3) is 26.3. The molecular weight excluding hydrogens is 1390 g/mol. The van der Waals surface area contributed by atoms with Crippen molar-refractivity contribution in [3.8, 4) is 5.75 Å². The molecular formula is C66H92N14O19S3. The average molecular weight is 1480 g/mol. The van der Waals surface area contributed by atoms with E-state index in [-0.39, 0.29) is 61.2 Å². The predicted molar refractivity (Wildman–Crippen MR) is 377 cm³/mol. The number of amides is 12. The van der Waals surface area contributed by atoms with E-state index in [0.717, 1.165) is 26.2 Å². The summed E-state index contributed by atoms with van der Waals surface area (Å²) in [6.07, 6.45) is 3.90. The van der Waals surface area contributed by atoms with Crippen LogP contribution >= 0.6 is 35.3 Å².